The van der Waals surface area contributed by atoms with Crippen LogP contribution in [0.5, 0.6) is 5.75 Å². The molecule has 4 heterocycles. The summed E-state index contributed by atoms with van der Waals surface area (Å²) in [5, 5.41) is 17.8. The van der Waals surface area contributed by atoms with Crippen LogP contribution in [0.3, 0.4) is 0 Å². The molecule has 12 heteroatoms. The molecule has 1 saturated heterocycles. The van der Waals surface area contributed by atoms with E-state index in [-0.39, 0.29) is 12.4 Å². The van der Waals surface area contributed by atoms with E-state index in [1.165, 1.54) is 29.6 Å². The van der Waals surface area contributed by atoms with Gasteiger partial charge in [-0.3, -0.25) is 14.9 Å². The van der Waals surface area contributed by atoms with E-state index in [1.54, 1.807) is 18.2 Å². The van der Waals surface area contributed by atoms with Gasteiger partial charge in [-0.05, 0) is 31.2 Å². The fraction of sp³-hybridized carbons (Fsp3) is 0.217. The lowest BCUT2D eigenvalue weighted by Crippen LogP contribution is -2.64. The Labute approximate surface area is 208 Å². The first-order chi connectivity index (χ1) is 16.7. The fourth-order valence-corrected chi connectivity index (χ4v) is 4.78. The molecule has 1 aliphatic rings. The maximum absolute atomic E-state index is 14.9. The van der Waals surface area contributed by atoms with Crippen molar-refractivity contribution in [1.29, 1.82) is 0 Å². The Bertz CT molecular complexity index is 1430. The molecule has 9 nitrogen and oxygen atoms in total. The molecule has 3 atom stereocenters. The van der Waals surface area contributed by atoms with E-state index in [4.69, 9.17) is 38.8 Å². The summed E-state index contributed by atoms with van der Waals surface area (Å²) in [5.41, 5.74) is 8.13. The van der Waals surface area contributed by atoms with Gasteiger partial charge in [0.2, 0.25) is 0 Å². The number of aromatic nitrogens is 4. The Morgan fingerprint density at radius 1 is 1.29 bits per heavy atom. The standard InChI is InChI=1S/C23H19Cl2FN6O3/c1-10(19-15(24)7-28-8-16(19)25)35-12-2-3-18-13(5-12)20(31-30-18)11-4-17(26)22(29-6-11)32-9-14(21(32)27)23(33)34/h2-8,10,14,21H,9,27H2,1H3,(H,30,31)(H,33,34). The van der Waals surface area contributed by atoms with Crippen LogP contribution in [0.4, 0.5) is 10.2 Å². The molecular formula is C23H19Cl2FN6O3. The number of nitrogens with two attached hydrogens (primary N) is 1. The second-order valence-corrected chi connectivity index (χ2v) is 8.99. The fourth-order valence-electron chi connectivity index (χ4n) is 4.10. The summed E-state index contributed by atoms with van der Waals surface area (Å²) in [5.74, 6) is -1.87. The minimum Gasteiger partial charge on any atom is -0.486 e. The van der Waals surface area contributed by atoms with Gasteiger partial charge in [0.05, 0.1) is 21.7 Å². The first kappa shape index (κ1) is 23.3. The number of H-pyrrole nitrogens is 1. The molecule has 3 aromatic heterocycles. The molecule has 0 aliphatic carbocycles. The van der Waals surface area contributed by atoms with Crippen LogP contribution in [-0.2, 0) is 4.79 Å². The number of nitrogens with one attached hydrogen (secondary N) is 1. The van der Waals surface area contributed by atoms with Crippen LogP contribution in [0, 0.1) is 11.7 Å². The molecule has 0 bridgehead atoms. The number of ether oxygens (including phenoxy) is 1. The lowest BCUT2D eigenvalue weighted by atomic mass is 9.95. The summed E-state index contributed by atoms with van der Waals surface area (Å²) in [7, 11) is 0. The number of carboxylic acids is 1. The summed E-state index contributed by atoms with van der Waals surface area (Å²) in [4.78, 5) is 20.7. The molecule has 0 radical (unpaired) electrons. The minimum absolute atomic E-state index is 0.00236. The van der Waals surface area contributed by atoms with E-state index in [9.17, 15) is 9.18 Å². The summed E-state index contributed by atoms with van der Waals surface area (Å²) in [6.07, 6.45) is 3.18. The predicted molar refractivity (Wildman–Crippen MR) is 129 cm³/mol. The third-order valence-electron chi connectivity index (χ3n) is 5.99. The van der Waals surface area contributed by atoms with Crippen molar-refractivity contribution in [1.82, 2.24) is 20.2 Å². The SMILES string of the molecule is CC(Oc1ccc2[nH]nc(-c3cnc(N4CC(C(=O)O)C4N)c(F)c3)c2c1)c1c(Cl)cncc1Cl. The van der Waals surface area contributed by atoms with Gasteiger partial charge in [0.25, 0.3) is 0 Å². The molecule has 1 aromatic carbocycles. The van der Waals surface area contributed by atoms with Crippen LogP contribution in [-0.4, -0.2) is 44.0 Å². The molecule has 1 fully saturated rings. The monoisotopic (exact) mass is 516 g/mol. The molecule has 180 valence electrons. The predicted octanol–water partition coefficient (Wildman–Crippen LogP) is 4.41. The van der Waals surface area contributed by atoms with E-state index < -0.39 is 30.0 Å². The van der Waals surface area contributed by atoms with Gasteiger partial charge in [0, 0.05) is 41.6 Å². The average Bonchev–Trinajstić information content (AvgIpc) is 3.22. The zero-order valence-electron chi connectivity index (χ0n) is 18.2. The van der Waals surface area contributed by atoms with Gasteiger partial charge in [0.15, 0.2) is 11.6 Å². The minimum atomic E-state index is -1.02. The highest BCUT2D eigenvalue weighted by molar-refractivity contribution is 6.35. The van der Waals surface area contributed by atoms with Crippen LogP contribution in [0.1, 0.15) is 18.6 Å². The largest absolute Gasteiger partial charge is 0.486 e. The van der Waals surface area contributed by atoms with Crippen molar-refractivity contribution in [3.63, 3.8) is 0 Å². The number of halogens is 3. The Hall–Kier alpha value is -3.47. The highest BCUT2D eigenvalue weighted by atomic mass is 35.5. The van der Waals surface area contributed by atoms with Crippen LogP contribution < -0.4 is 15.4 Å². The molecule has 4 aromatic rings. The summed E-state index contributed by atoms with van der Waals surface area (Å²) in [6, 6.07) is 6.65. The molecule has 35 heavy (non-hydrogen) atoms. The molecule has 1 aliphatic heterocycles. The average molecular weight is 517 g/mol. The molecule has 0 amide bonds. The first-order valence-electron chi connectivity index (χ1n) is 10.6. The van der Waals surface area contributed by atoms with E-state index in [2.05, 4.69) is 20.2 Å². The highest BCUT2D eigenvalue weighted by Gasteiger charge is 2.43. The Kier molecular flexibility index (Phi) is 5.96. The van der Waals surface area contributed by atoms with Gasteiger partial charge < -0.3 is 20.5 Å². The maximum Gasteiger partial charge on any atom is 0.311 e. The number of nitrogens with zero attached hydrogens (tertiary/aromatic N) is 4. The number of anilines is 1. The molecule has 0 spiro atoms. The quantitative estimate of drug-likeness (QED) is 0.343. The van der Waals surface area contributed by atoms with Crippen LogP contribution in [0.2, 0.25) is 10.0 Å². The molecule has 4 N–H and O–H groups in total. The summed E-state index contributed by atoms with van der Waals surface area (Å²) < 4.78 is 21.0. The molecule has 3 unspecified atom stereocenters. The van der Waals surface area contributed by atoms with Crippen molar-refractivity contribution in [2.75, 3.05) is 11.4 Å². The van der Waals surface area contributed by atoms with Crippen molar-refractivity contribution >= 4 is 45.9 Å². The number of carboxylic acid groups (broad SMARTS) is 1. The topological polar surface area (TPSA) is 130 Å². The zero-order valence-corrected chi connectivity index (χ0v) is 19.8. The van der Waals surface area contributed by atoms with Crippen LogP contribution in [0.25, 0.3) is 22.2 Å². The van der Waals surface area contributed by atoms with E-state index in [0.717, 1.165) is 5.52 Å². The number of rotatable bonds is 6. The number of pyridine rings is 2. The normalized spacial score (nSPS) is 18.4. The summed E-state index contributed by atoms with van der Waals surface area (Å²) >= 11 is 12.5. The van der Waals surface area contributed by atoms with Gasteiger partial charge in [-0.15, -0.1) is 0 Å². The van der Waals surface area contributed by atoms with Gasteiger partial charge in [-0.2, -0.15) is 5.10 Å². The number of carbonyl (C=O) groups is 1. The van der Waals surface area contributed by atoms with Crippen molar-refractivity contribution < 1.29 is 19.0 Å². The van der Waals surface area contributed by atoms with Crippen molar-refractivity contribution in [3.8, 4) is 17.0 Å². The maximum atomic E-state index is 14.9. The number of aliphatic carboxylic acids is 1. The zero-order chi connectivity index (χ0) is 24.9. The van der Waals surface area contributed by atoms with Gasteiger partial charge in [-0.25, -0.2) is 9.37 Å². The number of benzene rings is 1. The van der Waals surface area contributed by atoms with Crippen molar-refractivity contribution in [3.05, 3.63) is 64.3 Å². The van der Waals surface area contributed by atoms with Crippen molar-refractivity contribution in [2.45, 2.75) is 19.2 Å². The van der Waals surface area contributed by atoms with Crippen LogP contribution in [0.15, 0.2) is 42.9 Å². The Morgan fingerprint density at radius 2 is 2.03 bits per heavy atom. The van der Waals surface area contributed by atoms with Gasteiger partial charge in [-0.1, -0.05) is 23.2 Å². The third kappa shape index (κ3) is 4.13. The second-order valence-electron chi connectivity index (χ2n) is 8.17. The highest BCUT2D eigenvalue weighted by Crippen LogP contribution is 2.36. The first-order valence-corrected chi connectivity index (χ1v) is 11.3. The van der Waals surface area contributed by atoms with Crippen LogP contribution >= 0.6 is 23.2 Å². The summed E-state index contributed by atoms with van der Waals surface area (Å²) in [6.45, 7) is 1.91. The number of hydrogen-bond donors (Lipinski definition) is 3. The number of fused-ring (bicyclic) bond motifs is 1. The lowest BCUT2D eigenvalue weighted by Gasteiger charge is -2.44. The molecule has 0 saturated carbocycles. The van der Waals surface area contributed by atoms with Crippen molar-refractivity contribution in [2.24, 2.45) is 11.7 Å². The Balaban J connectivity index is 1.42. The Morgan fingerprint density at radius 3 is 2.69 bits per heavy atom. The van der Waals surface area contributed by atoms with E-state index >= 15 is 0 Å². The van der Waals surface area contributed by atoms with E-state index in [1.807, 2.05) is 6.92 Å². The van der Waals surface area contributed by atoms with E-state index in [0.29, 0.717) is 38.0 Å². The van der Waals surface area contributed by atoms with Gasteiger partial charge in [0.1, 0.15) is 23.5 Å². The number of aromatic amines is 1. The lowest BCUT2D eigenvalue weighted by molar-refractivity contribution is -0.144. The smallest absolute Gasteiger partial charge is 0.311 e. The second kappa shape index (κ2) is 8.95. The van der Waals surface area contributed by atoms with Gasteiger partial charge >= 0.3 is 5.97 Å². The molecule has 5 rings (SSSR count). The number of hydrogen-bond acceptors (Lipinski definition) is 7. The third-order valence-corrected chi connectivity index (χ3v) is 6.60. The molecular weight excluding hydrogens is 498 g/mol.